The molecule has 0 radical (unpaired) electrons. The van der Waals surface area contributed by atoms with Crippen molar-refractivity contribution in [2.45, 2.75) is 42.1 Å². The standard InChI is InChI=1S/C18H19NO5/c1-19-7-6-17-14-10-2-3-12(23-9-20)15(14)24-16(17)11(21)4-5-18(17,22)13(19)8-10/h2-5,9,11,13,16,21-22H,6-8H2,1H3/t11-,13?,16-,17-,18?/m0/s1. The third-order valence-electron chi connectivity index (χ3n) is 6.44. The summed E-state index contributed by atoms with van der Waals surface area (Å²) < 4.78 is 11.2. The molecule has 0 saturated carbocycles. The van der Waals surface area contributed by atoms with E-state index in [2.05, 4.69) is 4.90 Å². The molecule has 1 spiro atoms. The molecule has 1 fully saturated rings. The zero-order valence-electron chi connectivity index (χ0n) is 13.3. The first-order valence-corrected chi connectivity index (χ1v) is 8.26. The lowest BCUT2D eigenvalue weighted by atomic mass is 9.50. The Hall–Kier alpha value is -1.89. The molecule has 126 valence electrons. The van der Waals surface area contributed by atoms with Crippen molar-refractivity contribution in [3.05, 3.63) is 35.4 Å². The zero-order valence-corrected chi connectivity index (χ0v) is 13.3. The number of likely N-dealkylation sites (N-methyl/N-ethyl adjacent to an activating group) is 1. The molecule has 24 heavy (non-hydrogen) atoms. The van der Waals surface area contributed by atoms with E-state index >= 15 is 0 Å². The number of piperidine rings is 1. The van der Waals surface area contributed by atoms with Crippen molar-refractivity contribution in [1.82, 2.24) is 4.90 Å². The zero-order chi connectivity index (χ0) is 16.7. The minimum atomic E-state index is -1.11. The number of rotatable bonds is 2. The Morgan fingerprint density at radius 3 is 3.08 bits per heavy atom. The molecule has 5 rings (SSSR count). The van der Waals surface area contributed by atoms with Gasteiger partial charge in [-0.2, -0.15) is 0 Å². The van der Waals surface area contributed by atoms with Crippen molar-refractivity contribution in [2.75, 3.05) is 13.6 Å². The van der Waals surface area contributed by atoms with Gasteiger partial charge in [-0.25, -0.2) is 0 Å². The molecule has 0 aromatic heterocycles. The first kappa shape index (κ1) is 14.5. The minimum absolute atomic E-state index is 0.0719. The summed E-state index contributed by atoms with van der Waals surface area (Å²) in [7, 11) is 2.02. The summed E-state index contributed by atoms with van der Waals surface area (Å²) in [6, 6.07) is 3.61. The second kappa shape index (κ2) is 4.39. The molecule has 5 atom stereocenters. The van der Waals surface area contributed by atoms with Crippen LogP contribution in [-0.2, 0) is 16.6 Å². The van der Waals surface area contributed by atoms with E-state index in [1.807, 2.05) is 13.1 Å². The molecule has 2 aliphatic carbocycles. The number of ether oxygens (including phenoxy) is 2. The molecule has 1 aromatic rings. The van der Waals surface area contributed by atoms with Crippen LogP contribution in [-0.4, -0.2) is 59.0 Å². The summed E-state index contributed by atoms with van der Waals surface area (Å²) in [5.74, 6) is 0.841. The van der Waals surface area contributed by atoms with Gasteiger partial charge >= 0.3 is 0 Å². The van der Waals surface area contributed by atoms with Crippen molar-refractivity contribution >= 4 is 6.47 Å². The van der Waals surface area contributed by atoms with Crippen molar-refractivity contribution in [3.8, 4) is 11.5 Å². The van der Waals surface area contributed by atoms with Crippen LogP contribution in [0.4, 0.5) is 0 Å². The van der Waals surface area contributed by atoms with Gasteiger partial charge in [-0.15, -0.1) is 0 Å². The summed E-state index contributed by atoms with van der Waals surface area (Å²) >= 11 is 0. The summed E-state index contributed by atoms with van der Waals surface area (Å²) in [5, 5.41) is 22.2. The second-order valence-corrected chi connectivity index (χ2v) is 7.28. The minimum Gasteiger partial charge on any atom is -0.482 e. The Kier molecular flexibility index (Phi) is 2.64. The molecule has 6 heteroatoms. The van der Waals surface area contributed by atoms with Crippen LogP contribution in [0, 0.1) is 0 Å². The van der Waals surface area contributed by atoms with Crippen LogP contribution >= 0.6 is 0 Å². The van der Waals surface area contributed by atoms with Gasteiger partial charge in [0.1, 0.15) is 17.8 Å². The van der Waals surface area contributed by atoms with Gasteiger partial charge in [0.05, 0.1) is 5.41 Å². The highest BCUT2D eigenvalue weighted by molar-refractivity contribution is 5.66. The van der Waals surface area contributed by atoms with Gasteiger partial charge in [0.25, 0.3) is 6.47 Å². The Labute approximate surface area is 139 Å². The predicted octanol–water partition coefficient (Wildman–Crippen LogP) is 0.143. The van der Waals surface area contributed by atoms with E-state index in [0.717, 1.165) is 17.7 Å². The van der Waals surface area contributed by atoms with Crippen LogP contribution < -0.4 is 9.47 Å². The van der Waals surface area contributed by atoms with E-state index in [-0.39, 0.29) is 6.04 Å². The lowest BCUT2D eigenvalue weighted by molar-refractivity contribution is -0.151. The fourth-order valence-electron chi connectivity index (χ4n) is 5.42. The number of likely N-dealkylation sites (tertiary alicyclic amines) is 1. The highest BCUT2D eigenvalue weighted by Gasteiger charge is 2.71. The van der Waals surface area contributed by atoms with Gasteiger partial charge in [-0.3, -0.25) is 9.69 Å². The van der Waals surface area contributed by atoms with Crippen LogP contribution in [0.5, 0.6) is 11.5 Å². The third-order valence-corrected chi connectivity index (χ3v) is 6.44. The summed E-state index contributed by atoms with van der Waals surface area (Å²) in [6.45, 7) is 1.19. The molecule has 2 heterocycles. The molecular formula is C18H19NO5. The highest BCUT2D eigenvalue weighted by Crippen LogP contribution is 2.63. The number of nitrogens with zero attached hydrogens (tertiary/aromatic N) is 1. The van der Waals surface area contributed by atoms with Crippen LogP contribution in [0.1, 0.15) is 17.5 Å². The number of carbonyl (C=O) groups excluding carboxylic acids is 1. The van der Waals surface area contributed by atoms with E-state index in [1.165, 1.54) is 0 Å². The van der Waals surface area contributed by atoms with Gasteiger partial charge in [0.2, 0.25) is 0 Å². The first-order chi connectivity index (χ1) is 11.5. The van der Waals surface area contributed by atoms with Crippen molar-refractivity contribution in [2.24, 2.45) is 0 Å². The number of carbonyl (C=O) groups is 1. The normalized spacial score (nSPS) is 41.5. The van der Waals surface area contributed by atoms with Gasteiger partial charge in [-0.05, 0) is 38.1 Å². The van der Waals surface area contributed by atoms with E-state index < -0.39 is 23.2 Å². The predicted molar refractivity (Wildman–Crippen MR) is 84.1 cm³/mol. The average Bonchev–Trinajstić information content (AvgIpc) is 2.92. The molecule has 1 saturated heterocycles. The van der Waals surface area contributed by atoms with E-state index in [0.29, 0.717) is 30.8 Å². The number of benzene rings is 1. The SMILES string of the molecule is CN1CC[C@]23c4c5ccc(OC=O)c4O[C@H]2[C@@H](O)C=CC3(O)C1C5. The van der Waals surface area contributed by atoms with Gasteiger partial charge < -0.3 is 19.7 Å². The van der Waals surface area contributed by atoms with Crippen LogP contribution in [0.3, 0.4) is 0 Å². The first-order valence-electron chi connectivity index (χ1n) is 8.26. The largest absolute Gasteiger partial charge is 0.482 e. The molecule has 2 bridgehead atoms. The highest BCUT2D eigenvalue weighted by atomic mass is 16.6. The fraction of sp³-hybridized carbons (Fsp3) is 0.500. The lowest BCUT2D eigenvalue weighted by Gasteiger charge is -2.61. The summed E-state index contributed by atoms with van der Waals surface area (Å²) in [5.41, 5.74) is 0.183. The molecule has 6 nitrogen and oxygen atoms in total. The smallest absolute Gasteiger partial charge is 0.298 e. The number of hydrogen-bond donors (Lipinski definition) is 2. The van der Waals surface area contributed by atoms with Crippen molar-refractivity contribution in [1.29, 1.82) is 0 Å². The Morgan fingerprint density at radius 1 is 1.46 bits per heavy atom. The van der Waals surface area contributed by atoms with E-state index in [4.69, 9.17) is 9.47 Å². The van der Waals surface area contributed by atoms with Crippen molar-refractivity contribution in [3.63, 3.8) is 0 Å². The molecule has 1 aromatic carbocycles. The van der Waals surface area contributed by atoms with Gasteiger partial charge in [0.15, 0.2) is 11.5 Å². The molecular weight excluding hydrogens is 310 g/mol. The number of hydrogen-bond acceptors (Lipinski definition) is 6. The summed E-state index contributed by atoms with van der Waals surface area (Å²) in [6.07, 6.45) is 3.36. The maximum atomic E-state index is 11.7. The summed E-state index contributed by atoms with van der Waals surface area (Å²) in [4.78, 5) is 13.0. The van der Waals surface area contributed by atoms with Crippen molar-refractivity contribution < 1.29 is 24.5 Å². The molecule has 4 aliphatic rings. The maximum Gasteiger partial charge on any atom is 0.298 e. The molecule has 2 unspecified atom stereocenters. The van der Waals surface area contributed by atoms with Crippen LogP contribution in [0.2, 0.25) is 0 Å². The average molecular weight is 329 g/mol. The maximum absolute atomic E-state index is 11.7. The number of aliphatic hydroxyl groups is 2. The van der Waals surface area contributed by atoms with Gasteiger partial charge in [-0.1, -0.05) is 18.2 Å². The fourth-order valence-corrected chi connectivity index (χ4v) is 5.42. The Morgan fingerprint density at radius 2 is 2.29 bits per heavy atom. The Bertz CT molecular complexity index is 777. The topological polar surface area (TPSA) is 79.2 Å². The molecule has 2 aliphatic heterocycles. The van der Waals surface area contributed by atoms with E-state index in [9.17, 15) is 15.0 Å². The second-order valence-electron chi connectivity index (χ2n) is 7.28. The monoisotopic (exact) mass is 329 g/mol. The van der Waals surface area contributed by atoms with Crippen LogP contribution in [0.25, 0.3) is 0 Å². The Balaban J connectivity index is 1.84. The molecule has 0 amide bonds. The quantitative estimate of drug-likeness (QED) is 0.594. The molecule has 2 N–H and O–H groups in total. The van der Waals surface area contributed by atoms with E-state index in [1.54, 1.807) is 18.2 Å². The lowest BCUT2D eigenvalue weighted by Crippen LogP contribution is -2.75. The third kappa shape index (κ3) is 1.37. The van der Waals surface area contributed by atoms with Gasteiger partial charge in [0, 0.05) is 11.6 Å². The number of aliphatic hydroxyl groups excluding tert-OH is 1. The van der Waals surface area contributed by atoms with Crippen LogP contribution in [0.15, 0.2) is 24.3 Å².